The van der Waals surface area contributed by atoms with Crippen molar-refractivity contribution in [2.24, 2.45) is 0 Å². The summed E-state index contributed by atoms with van der Waals surface area (Å²) in [6.45, 7) is 2.07. The van der Waals surface area contributed by atoms with Gasteiger partial charge in [0.05, 0.1) is 0 Å². The van der Waals surface area contributed by atoms with Crippen molar-refractivity contribution in [3.8, 4) is 0 Å². The highest BCUT2D eigenvalue weighted by molar-refractivity contribution is 6.03. The van der Waals surface area contributed by atoms with E-state index in [2.05, 4.69) is 70.1 Å². The summed E-state index contributed by atoms with van der Waals surface area (Å²) in [6, 6.07) is 27.3. The second-order valence-corrected chi connectivity index (χ2v) is 7.45. The van der Waals surface area contributed by atoms with Crippen LogP contribution in [0, 0.1) is 6.92 Å². The molecule has 1 atom stereocenters. The van der Waals surface area contributed by atoms with E-state index >= 15 is 0 Å². The Kier molecular flexibility index (Phi) is 4.80. The van der Waals surface area contributed by atoms with Crippen LogP contribution in [0.4, 0.5) is 11.9 Å². The summed E-state index contributed by atoms with van der Waals surface area (Å²) in [7, 11) is 0. The molecule has 0 saturated heterocycles. The molecule has 1 aromatic heterocycles. The van der Waals surface area contributed by atoms with E-state index in [-0.39, 0.29) is 17.9 Å². The van der Waals surface area contributed by atoms with Crippen molar-refractivity contribution in [1.82, 2.24) is 14.8 Å². The monoisotopic (exact) mass is 407 g/mol. The molecule has 1 aliphatic heterocycles. The molecule has 0 aliphatic carbocycles. The van der Waals surface area contributed by atoms with Crippen LogP contribution in [-0.2, 0) is 0 Å². The predicted octanol–water partition coefficient (Wildman–Crippen LogP) is 4.89. The number of hydrogen-bond donors (Lipinski definition) is 2. The fourth-order valence-electron chi connectivity index (χ4n) is 3.60. The lowest BCUT2D eigenvalue weighted by Gasteiger charge is -2.24. The molecule has 0 saturated carbocycles. The summed E-state index contributed by atoms with van der Waals surface area (Å²) in [5.74, 6) is 0.595. The zero-order chi connectivity index (χ0) is 21.2. The number of rotatable bonds is 4. The molecule has 1 aliphatic rings. The zero-order valence-electron chi connectivity index (χ0n) is 17.0. The Labute approximate surface area is 180 Å². The van der Waals surface area contributed by atoms with Crippen molar-refractivity contribution < 1.29 is 4.79 Å². The highest BCUT2D eigenvalue weighted by Crippen LogP contribution is 2.33. The average Bonchev–Trinajstić information content (AvgIpc) is 3.22. The first kappa shape index (κ1) is 18.8. The highest BCUT2D eigenvalue weighted by atomic mass is 16.1. The molecule has 2 heterocycles. The number of carbonyl (C=O) groups excluding carboxylic acids is 1. The maximum atomic E-state index is 12.6. The fraction of sp³-hybridized carbons (Fsp3) is 0.0800. The van der Waals surface area contributed by atoms with Gasteiger partial charge in [-0.05, 0) is 36.3 Å². The molecule has 31 heavy (non-hydrogen) atoms. The quantitative estimate of drug-likeness (QED) is 0.505. The van der Waals surface area contributed by atoms with Crippen molar-refractivity contribution in [3.63, 3.8) is 0 Å². The molecule has 152 valence electrons. The van der Waals surface area contributed by atoms with Crippen molar-refractivity contribution in [3.05, 3.63) is 113 Å². The first-order valence-electron chi connectivity index (χ1n) is 10.1. The molecule has 2 N–H and O–H groups in total. The van der Waals surface area contributed by atoms with Crippen molar-refractivity contribution in [2.75, 3.05) is 10.6 Å². The summed E-state index contributed by atoms with van der Waals surface area (Å²) >= 11 is 0. The van der Waals surface area contributed by atoms with Crippen LogP contribution in [0.5, 0.6) is 0 Å². The molecule has 0 bridgehead atoms. The normalized spacial score (nSPS) is 14.9. The Morgan fingerprint density at radius 1 is 0.935 bits per heavy atom. The van der Waals surface area contributed by atoms with E-state index in [0.29, 0.717) is 11.5 Å². The van der Waals surface area contributed by atoms with Gasteiger partial charge < -0.3 is 5.32 Å². The number of aryl methyl sites for hydroxylation is 1. The number of benzene rings is 3. The Morgan fingerprint density at radius 3 is 2.32 bits per heavy atom. The number of nitrogens with one attached hydrogen (secondary N) is 2. The number of carbonyl (C=O) groups is 1. The van der Waals surface area contributed by atoms with Crippen molar-refractivity contribution >= 4 is 23.5 Å². The first-order valence-corrected chi connectivity index (χ1v) is 10.1. The van der Waals surface area contributed by atoms with E-state index < -0.39 is 0 Å². The number of anilines is 2. The Bertz CT molecular complexity index is 1240. The summed E-state index contributed by atoms with van der Waals surface area (Å²) in [5, 5.41) is 10.8. The number of nitrogens with zero attached hydrogens (tertiary/aromatic N) is 3. The summed E-state index contributed by atoms with van der Waals surface area (Å²) in [5.41, 5.74) is 4.86. The second-order valence-electron chi connectivity index (χ2n) is 7.45. The lowest BCUT2D eigenvalue weighted by Crippen LogP contribution is -2.20. The Morgan fingerprint density at radius 2 is 1.61 bits per heavy atom. The third-order valence-corrected chi connectivity index (χ3v) is 5.23. The van der Waals surface area contributed by atoms with Gasteiger partial charge in [-0.15, -0.1) is 5.10 Å². The van der Waals surface area contributed by atoms with Gasteiger partial charge in [-0.3, -0.25) is 10.1 Å². The molecular weight excluding hydrogens is 386 g/mol. The fourth-order valence-corrected chi connectivity index (χ4v) is 3.60. The maximum absolute atomic E-state index is 12.6. The molecule has 0 unspecified atom stereocenters. The number of allylic oxidation sites excluding steroid dienone is 1. The largest absolute Gasteiger partial charge is 0.324 e. The number of aromatic nitrogens is 3. The zero-order valence-corrected chi connectivity index (χ0v) is 17.0. The van der Waals surface area contributed by atoms with Crippen LogP contribution in [0.1, 0.15) is 33.1 Å². The number of fused-ring (bicyclic) bond motifs is 1. The van der Waals surface area contributed by atoms with Gasteiger partial charge in [0.25, 0.3) is 11.9 Å². The molecule has 0 fully saturated rings. The molecule has 5 rings (SSSR count). The molecule has 0 radical (unpaired) electrons. The maximum Gasteiger partial charge on any atom is 0.258 e. The van der Waals surface area contributed by atoms with Gasteiger partial charge in [0, 0.05) is 11.3 Å². The highest BCUT2D eigenvalue weighted by Gasteiger charge is 2.25. The molecule has 6 nitrogen and oxygen atoms in total. The predicted molar refractivity (Wildman–Crippen MR) is 122 cm³/mol. The van der Waals surface area contributed by atoms with Crippen LogP contribution in [-0.4, -0.2) is 20.7 Å². The van der Waals surface area contributed by atoms with Gasteiger partial charge in [-0.1, -0.05) is 78.4 Å². The number of hydrogen-bond acceptors (Lipinski definition) is 4. The van der Waals surface area contributed by atoms with E-state index in [9.17, 15) is 4.79 Å². The van der Waals surface area contributed by atoms with Crippen LogP contribution in [0.25, 0.3) is 5.70 Å². The van der Waals surface area contributed by atoms with E-state index in [4.69, 9.17) is 0 Å². The minimum atomic E-state index is -0.244. The van der Waals surface area contributed by atoms with Crippen LogP contribution in [0.2, 0.25) is 0 Å². The molecule has 1 amide bonds. The van der Waals surface area contributed by atoms with Gasteiger partial charge >= 0.3 is 0 Å². The summed E-state index contributed by atoms with van der Waals surface area (Å²) in [6.07, 6.45) is 2.13. The number of amides is 1. The smallest absolute Gasteiger partial charge is 0.258 e. The second kappa shape index (κ2) is 7.91. The van der Waals surface area contributed by atoms with Crippen LogP contribution < -0.4 is 10.6 Å². The standard InChI is InChI=1S/C25H21N5O/c1-17-12-14-18(15-13-17)21-16-22(19-8-4-2-5-9-19)30-25(26-21)28-24(29-30)27-23(31)20-10-6-3-7-11-20/h2-16,22H,1H3,(H2,26,27,28,29,31)/t22-/m0/s1. The molecular formula is C25H21N5O. The average molecular weight is 407 g/mol. The van der Waals surface area contributed by atoms with Crippen LogP contribution in [0.3, 0.4) is 0 Å². The van der Waals surface area contributed by atoms with E-state index in [1.165, 1.54) is 5.56 Å². The molecule has 4 aromatic rings. The summed E-state index contributed by atoms with van der Waals surface area (Å²) in [4.78, 5) is 17.1. The third-order valence-electron chi connectivity index (χ3n) is 5.23. The summed E-state index contributed by atoms with van der Waals surface area (Å²) < 4.78 is 1.80. The van der Waals surface area contributed by atoms with Gasteiger partial charge in [0.2, 0.25) is 5.95 Å². The minimum Gasteiger partial charge on any atom is -0.324 e. The van der Waals surface area contributed by atoms with E-state index in [0.717, 1.165) is 16.8 Å². The van der Waals surface area contributed by atoms with Gasteiger partial charge in [-0.25, -0.2) is 4.68 Å². The molecule has 6 heteroatoms. The molecule has 3 aromatic carbocycles. The lowest BCUT2D eigenvalue weighted by atomic mass is 10.0. The SMILES string of the molecule is Cc1ccc(C2=C[C@@H](c3ccccc3)n3nc(NC(=O)c4ccccc4)nc3N2)cc1. The van der Waals surface area contributed by atoms with Crippen molar-refractivity contribution in [2.45, 2.75) is 13.0 Å². The van der Waals surface area contributed by atoms with Gasteiger partial charge in [0.1, 0.15) is 6.04 Å². The van der Waals surface area contributed by atoms with E-state index in [1.807, 2.05) is 36.4 Å². The lowest BCUT2D eigenvalue weighted by molar-refractivity contribution is 0.102. The Hall–Kier alpha value is -4.19. The topological polar surface area (TPSA) is 71.8 Å². The van der Waals surface area contributed by atoms with Crippen LogP contribution >= 0.6 is 0 Å². The third kappa shape index (κ3) is 3.83. The van der Waals surface area contributed by atoms with Gasteiger partial charge in [0.15, 0.2) is 0 Å². The van der Waals surface area contributed by atoms with Gasteiger partial charge in [-0.2, -0.15) is 4.98 Å². The Balaban J connectivity index is 1.51. The minimum absolute atomic E-state index is 0.149. The molecule has 0 spiro atoms. The van der Waals surface area contributed by atoms with E-state index in [1.54, 1.807) is 16.8 Å². The first-order chi connectivity index (χ1) is 15.2. The van der Waals surface area contributed by atoms with Crippen LogP contribution in [0.15, 0.2) is 91.0 Å². The van der Waals surface area contributed by atoms with Crippen molar-refractivity contribution in [1.29, 1.82) is 0 Å².